The molecule has 0 radical (unpaired) electrons. The molecule has 0 rings (SSSR count). The topological polar surface area (TPSA) is 124 Å². The van der Waals surface area contributed by atoms with Crippen LogP contribution in [0.2, 0.25) is 0 Å². The second-order valence-electron chi connectivity index (χ2n) is 10.9. The first-order chi connectivity index (χ1) is 17.7. The van der Waals surface area contributed by atoms with Crippen molar-refractivity contribution in [2.24, 2.45) is 0 Å². The molecule has 0 aliphatic heterocycles. The standard InChI is InChI=1S/C29H59NO6S/c1-3-5-7-9-11-13-14-15-16-18-19-21-23-27(31)26(25-37(34,35)36)30-29(33)28(32)24-22-20-17-12-10-8-6-4-2/h26-28,31-32H,3-25H2,1-2H3,(H,30,33)(H,34,35,36). The van der Waals surface area contributed by atoms with Crippen LogP contribution in [0.15, 0.2) is 0 Å². The van der Waals surface area contributed by atoms with Gasteiger partial charge in [-0.1, -0.05) is 142 Å². The molecule has 1 amide bonds. The zero-order valence-corrected chi connectivity index (χ0v) is 24.8. The van der Waals surface area contributed by atoms with Crippen molar-refractivity contribution < 1.29 is 28.0 Å². The normalized spacial score (nSPS) is 14.4. The third-order valence-electron chi connectivity index (χ3n) is 7.17. The third-order valence-corrected chi connectivity index (χ3v) is 7.95. The van der Waals surface area contributed by atoms with E-state index in [2.05, 4.69) is 19.2 Å². The highest BCUT2D eigenvalue weighted by molar-refractivity contribution is 7.85. The zero-order valence-electron chi connectivity index (χ0n) is 24.0. The van der Waals surface area contributed by atoms with Crippen LogP contribution in [-0.2, 0) is 14.9 Å². The maximum atomic E-state index is 12.4. The van der Waals surface area contributed by atoms with Crippen molar-refractivity contribution in [1.82, 2.24) is 5.32 Å². The molecular weight excluding hydrogens is 490 g/mol. The van der Waals surface area contributed by atoms with E-state index in [1.165, 1.54) is 77.0 Å². The molecule has 0 fully saturated rings. The highest BCUT2D eigenvalue weighted by atomic mass is 32.2. The Hall–Kier alpha value is -0.700. The van der Waals surface area contributed by atoms with E-state index in [-0.39, 0.29) is 0 Å². The van der Waals surface area contributed by atoms with Gasteiger partial charge in [0.1, 0.15) is 6.10 Å². The number of aliphatic hydroxyl groups is 2. The van der Waals surface area contributed by atoms with Crippen LogP contribution < -0.4 is 5.32 Å². The minimum absolute atomic E-state index is 0.300. The smallest absolute Gasteiger partial charge is 0.266 e. The summed E-state index contributed by atoms with van der Waals surface area (Å²) in [6.45, 7) is 4.42. The summed E-state index contributed by atoms with van der Waals surface area (Å²) >= 11 is 0. The molecule has 0 aromatic rings. The van der Waals surface area contributed by atoms with Crippen molar-refractivity contribution in [3.05, 3.63) is 0 Å². The van der Waals surface area contributed by atoms with Gasteiger partial charge >= 0.3 is 0 Å². The number of amides is 1. The molecule has 8 heteroatoms. The van der Waals surface area contributed by atoms with Crippen molar-refractivity contribution in [2.75, 3.05) is 5.75 Å². The predicted molar refractivity (Wildman–Crippen MR) is 153 cm³/mol. The van der Waals surface area contributed by atoms with Gasteiger partial charge in [0.2, 0.25) is 5.91 Å². The Morgan fingerprint density at radius 3 is 1.35 bits per heavy atom. The monoisotopic (exact) mass is 549 g/mol. The molecule has 0 aliphatic carbocycles. The predicted octanol–water partition coefficient (Wildman–Crippen LogP) is 6.70. The number of aliphatic hydroxyl groups excluding tert-OH is 2. The van der Waals surface area contributed by atoms with Crippen LogP contribution >= 0.6 is 0 Å². The Morgan fingerprint density at radius 1 is 0.622 bits per heavy atom. The molecular formula is C29H59NO6S. The highest BCUT2D eigenvalue weighted by Gasteiger charge is 2.28. The molecule has 0 saturated carbocycles. The fourth-order valence-corrected chi connectivity index (χ4v) is 5.51. The van der Waals surface area contributed by atoms with Crippen LogP contribution in [-0.4, -0.2) is 53.1 Å². The van der Waals surface area contributed by atoms with Gasteiger partial charge in [-0.3, -0.25) is 9.35 Å². The van der Waals surface area contributed by atoms with Gasteiger partial charge in [-0.05, 0) is 12.8 Å². The van der Waals surface area contributed by atoms with Crippen LogP contribution in [0.3, 0.4) is 0 Å². The second kappa shape index (κ2) is 24.3. The van der Waals surface area contributed by atoms with Gasteiger partial charge in [-0.2, -0.15) is 8.42 Å². The molecule has 0 heterocycles. The maximum absolute atomic E-state index is 12.4. The van der Waals surface area contributed by atoms with Crippen LogP contribution in [0.4, 0.5) is 0 Å². The molecule has 0 aliphatic rings. The Morgan fingerprint density at radius 2 is 0.973 bits per heavy atom. The van der Waals surface area contributed by atoms with Crippen LogP contribution in [0.1, 0.15) is 155 Å². The number of rotatable bonds is 27. The lowest BCUT2D eigenvalue weighted by Gasteiger charge is -2.24. The molecule has 0 bridgehead atoms. The van der Waals surface area contributed by atoms with Gasteiger partial charge in [0.05, 0.1) is 17.9 Å². The molecule has 3 unspecified atom stereocenters. The molecule has 222 valence electrons. The van der Waals surface area contributed by atoms with Gasteiger partial charge in [-0.15, -0.1) is 0 Å². The van der Waals surface area contributed by atoms with Crippen LogP contribution in [0, 0.1) is 0 Å². The number of nitrogens with one attached hydrogen (secondary N) is 1. The fourth-order valence-electron chi connectivity index (χ4n) is 4.75. The number of carbonyl (C=O) groups excluding carboxylic acids is 1. The summed E-state index contributed by atoms with van der Waals surface area (Å²) in [7, 11) is -4.39. The molecule has 0 saturated heterocycles. The number of carbonyl (C=O) groups is 1. The summed E-state index contributed by atoms with van der Waals surface area (Å²) in [5, 5.41) is 23.2. The Labute approximate surface area is 228 Å². The molecule has 4 N–H and O–H groups in total. The molecule has 7 nitrogen and oxygen atoms in total. The first-order valence-electron chi connectivity index (χ1n) is 15.3. The lowest BCUT2D eigenvalue weighted by Crippen LogP contribution is -2.50. The minimum atomic E-state index is -4.39. The van der Waals surface area contributed by atoms with Crippen LogP contribution in [0.25, 0.3) is 0 Å². The lowest BCUT2D eigenvalue weighted by molar-refractivity contribution is -0.131. The zero-order chi connectivity index (χ0) is 27.8. The van der Waals surface area contributed by atoms with E-state index >= 15 is 0 Å². The third kappa shape index (κ3) is 24.1. The van der Waals surface area contributed by atoms with Crippen molar-refractivity contribution in [3.8, 4) is 0 Å². The number of hydrogen-bond donors (Lipinski definition) is 4. The van der Waals surface area contributed by atoms with Crippen molar-refractivity contribution >= 4 is 16.0 Å². The van der Waals surface area contributed by atoms with Gasteiger partial charge in [0.25, 0.3) is 10.1 Å². The minimum Gasteiger partial charge on any atom is -0.391 e. The highest BCUT2D eigenvalue weighted by Crippen LogP contribution is 2.15. The largest absolute Gasteiger partial charge is 0.391 e. The molecule has 37 heavy (non-hydrogen) atoms. The van der Waals surface area contributed by atoms with Gasteiger partial charge in [0.15, 0.2) is 0 Å². The summed E-state index contributed by atoms with van der Waals surface area (Å²) in [4.78, 5) is 12.4. The average molecular weight is 550 g/mol. The van der Waals surface area contributed by atoms with Crippen LogP contribution in [0.5, 0.6) is 0 Å². The summed E-state index contributed by atoms with van der Waals surface area (Å²) in [5.74, 6) is -1.45. The Kier molecular flexibility index (Phi) is 23.9. The van der Waals surface area contributed by atoms with E-state index in [0.717, 1.165) is 44.9 Å². The first-order valence-corrected chi connectivity index (χ1v) is 16.9. The fraction of sp³-hybridized carbons (Fsp3) is 0.966. The van der Waals surface area contributed by atoms with E-state index in [0.29, 0.717) is 19.3 Å². The van der Waals surface area contributed by atoms with E-state index in [9.17, 15) is 28.0 Å². The Balaban J connectivity index is 4.16. The quantitative estimate of drug-likeness (QED) is 0.0667. The van der Waals surface area contributed by atoms with Crippen molar-refractivity contribution in [3.63, 3.8) is 0 Å². The van der Waals surface area contributed by atoms with Gasteiger partial charge in [0, 0.05) is 0 Å². The average Bonchev–Trinajstić information content (AvgIpc) is 2.84. The summed E-state index contributed by atoms with van der Waals surface area (Å²) in [6, 6.07) is -1.14. The molecule has 0 aromatic carbocycles. The number of hydrogen-bond acceptors (Lipinski definition) is 5. The van der Waals surface area contributed by atoms with E-state index in [1.807, 2.05) is 0 Å². The molecule has 3 atom stereocenters. The molecule has 0 aromatic heterocycles. The van der Waals surface area contributed by atoms with Gasteiger partial charge < -0.3 is 15.5 Å². The van der Waals surface area contributed by atoms with Gasteiger partial charge in [-0.25, -0.2) is 0 Å². The summed E-state index contributed by atoms with van der Waals surface area (Å²) in [5.41, 5.74) is 0. The maximum Gasteiger partial charge on any atom is 0.266 e. The second-order valence-corrected chi connectivity index (χ2v) is 12.4. The lowest BCUT2D eigenvalue weighted by atomic mass is 10.0. The van der Waals surface area contributed by atoms with Crippen molar-refractivity contribution in [1.29, 1.82) is 0 Å². The summed E-state index contributed by atoms with van der Waals surface area (Å²) < 4.78 is 32.2. The SMILES string of the molecule is CCCCCCCCCCCCCCC(O)C(CS(=O)(=O)O)NC(=O)C(O)CCCCCCCCCC. The summed E-state index contributed by atoms with van der Waals surface area (Å²) in [6.07, 6.45) is 21.4. The van der Waals surface area contributed by atoms with E-state index in [4.69, 9.17) is 0 Å². The van der Waals surface area contributed by atoms with E-state index in [1.54, 1.807) is 0 Å². The Bertz CT molecular complexity index is 628. The first kappa shape index (κ1) is 36.3. The van der Waals surface area contributed by atoms with E-state index < -0.39 is 40.0 Å². The number of unbranched alkanes of at least 4 members (excludes halogenated alkanes) is 18. The van der Waals surface area contributed by atoms with Crippen molar-refractivity contribution in [2.45, 2.75) is 173 Å². The molecule has 0 spiro atoms.